The summed E-state index contributed by atoms with van der Waals surface area (Å²) >= 11 is 0. The molecule has 4 fully saturated rings. The van der Waals surface area contributed by atoms with Gasteiger partial charge in [-0.1, -0.05) is 19.0 Å². The molecule has 0 aromatic rings. The summed E-state index contributed by atoms with van der Waals surface area (Å²) in [4.78, 5) is 33.0. The van der Waals surface area contributed by atoms with E-state index >= 15 is 0 Å². The van der Waals surface area contributed by atoms with Crippen LogP contribution in [0.5, 0.6) is 0 Å². The summed E-state index contributed by atoms with van der Waals surface area (Å²) < 4.78 is 5.62. The van der Waals surface area contributed by atoms with Crippen LogP contribution in [0.2, 0.25) is 0 Å². The lowest BCUT2D eigenvalue weighted by molar-refractivity contribution is -0.143. The molecule has 0 aromatic heterocycles. The molecule has 0 unspecified atom stereocenters. The largest absolute Gasteiger partial charge is 0.396 e. The lowest BCUT2D eigenvalue weighted by Gasteiger charge is -2.45. The average Bonchev–Trinajstić information content (AvgIpc) is 3.28. The van der Waals surface area contributed by atoms with Crippen LogP contribution in [-0.4, -0.2) is 70.7 Å². The number of rotatable bonds is 5. The average molecular weight is 408 g/mol. The first kappa shape index (κ1) is 20.8. The summed E-state index contributed by atoms with van der Waals surface area (Å²) in [6.45, 7) is 5.48. The molecule has 7 atom stereocenters. The molecule has 2 aliphatic heterocycles. The molecule has 2 aliphatic carbocycles. The fourth-order valence-corrected chi connectivity index (χ4v) is 5.48. The summed E-state index contributed by atoms with van der Waals surface area (Å²) in [5.74, 6) is -1.76. The van der Waals surface area contributed by atoms with E-state index < -0.39 is 30.0 Å². The fourth-order valence-electron chi connectivity index (χ4n) is 5.48. The van der Waals surface area contributed by atoms with E-state index in [4.69, 9.17) is 9.57 Å². The van der Waals surface area contributed by atoms with Crippen LogP contribution in [0, 0.1) is 29.6 Å². The number of ether oxygens (including phenoxy) is 1. The number of aliphatic hydroxyl groups excluding tert-OH is 2. The number of fused-ring (bicyclic) bond motifs is 3. The minimum Gasteiger partial charge on any atom is -0.396 e. The molecule has 2 N–H and O–H groups in total. The van der Waals surface area contributed by atoms with Crippen molar-refractivity contribution in [1.29, 1.82) is 0 Å². The molecular formula is C21H32N2O6. The van der Waals surface area contributed by atoms with Crippen LogP contribution in [0.3, 0.4) is 0 Å². The Kier molecular flexibility index (Phi) is 5.95. The highest BCUT2D eigenvalue weighted by atomic mass is 16.6. The number of carbonyl (C=O) groups is 2. The zero-order valence-electron chi connectivity index (χ0n) is 17.2. The predicted octanol–water partition coefficient (Wildman–Crippen LogP) is 0.947. The van der Waals surface area contributed by atoms with Gasteiger partial charge in [-0.3, -0.25) is 14.5 Å². The van der Waals surface area contributed by atoms with Gasteiger partial charge in [0.05, 0.1) is 42.4 Å². The third kappa shape index (κ3) is 3.82. The van der Waals surface area contributed by atoms with Gasteiger partial charge in [0, 0.05) is 24.9 Å². The number of oxime groups is 1. The van der Waals surface area contributed by atoms with E-state index in [1.807, 2.05) is 13.8 Å². The zero-order chi connectivity index (χ0) is 20.7. The van der Waals surface area contributed by atoms with E-state index in [1.165, 1.54) is 4.90 Å². The number of nitrogens with zero attached hydrogens (tertiary/aromatic N) is 2. The van der Waals surface area contributed by atoms with Crippen molar-refractivity contribution in [2.75, 3.05) is 19.8 Å². The highest BCUT2D eigenvalue weighted by Gasteiger charge is 2.59. The molecule has 2 amide bonds. The molecule has 4 rings (SSSR count). The lowest BCUT2D eigenvalue weighted by atomic mass is 9.60. The Labute approximate surface area is 171 Å². The van der Waals surface area contributed by atoms with Crippen LogP contribution in [-0.2, 0) is 19.2 Å². The number of carbonyl (C=O) groups excluding carboxylic acids is 2. The minimum absolute atomic E-state index is 0.0951. The zero-order valence-corrected chi connectivity index (χ0v) is 17.2. The molecule has 2 saturated carbocycles. The Morgan fingerprint density at radius 1 is 1.17 bits per heavy atom. The highest BCUT2D eigenvalue weighted by molar-refractivity contribution is 6.06. The van der Waals surface area contributed by atoms with E-state index in [0.717, 1.165) is 12.8 Å². The van der Waals surface area contributed by atoms with Crippen LogP contribution in [0.25, 0.3) is 0 Å². The predicted molar refractivity (Wildman–Crippen MR) is 104 cm³/mol. The van der Waals surface area contributed by atoms with Gasteiger partial charge < -0.3 is 19.8 Å². The molecule has 2 heterocycles. The van der Waals surface area contributed by atoms with Crippen molar-refractivity contribution in [2.24, 2.45) is 34.7 Å². The first-order chi connectivity index (χ1) is 13.9. The molecule has 8 heteroatoms. The Morgan fingerprint density at radius 2 is 1.93 bits per heavy atom. The Hall–Kier alpha value is -1.51. The molecule has 8 nitrogen and oxygen atoms in total. The van der Waals surface area contributed by atoms with Crippen molar-refractivity contribution < 1.29 is 29.4 Å². The summed E-state index contributed by atoms with van der Waals surface area (Å²) in [6.07, 6.45) is 1.13. The van der Waals surface area contributed by atoms with Crippen LogP contribution in [0.4, 0.5) is 0 Å². The number of imide groups is 1. The second-order valence-electron chi connectivity index (χ2n) is 9.35. The van der Waals surface area contributed by atoms with Gasteiger partial charge in [0.15, 0.2) is 0 Å². The number of aliphatic hydroxyl groups is 2. The van der Waals surface area contributed by atoms with E-state index in [-0.39, 0.29) is 30.3 Å². The monoisotopic (exact) mass is 408 g/mol. The van der Waals surface area contributed by atoms with Crippen LogP contribution >= 0.6 is 0 Å². The van der Waals surface area contributed by atoms with Gasteiger partial charge in [-0.2, -0.15) is 0 Å². The maximum atomic E-state index is 13.2. The van der Waals surface area contributed by atoms with Gasteiger partial charge in [-0.05, 0) is 31.6 Å². The minimum atomic E-state index is -1.05. The lowest BCUT2D eigenvalue weighted by Crippen LogP contribution is -2.54. The normalized spacial score (nSPS) is 41.2. The van der Waals surface area contributed by atoms with Crippen molar-refractivity contribution in [3.05, 3.63) is 0 Å². The van der Waals surface area contributed by atoms with E-state index in [0.29, 0.717) is 44.2 Å². The van der Waals surface area contributed by atoms with Crippen LogP contribution in [0.15, 0.2) is 5.16 Å². The molecule has 0 radical (unpaired) electrons. The topological polar surface area (TPSA) is 109 Å². The maximum Gasteiger partial charge on any atom is 0.233 e. The number of hydrogen-bond acceptors (Lipinski definition) is 7. The van der Waals surface area contributed by atoms with Gasteiger partial charge in [-0.15, -0.1) is 0 Å². The second-order valence-corrected chi connectivity index (χ2v) is 9.35. The summed E-state index contributed by atoms with van der Waals surface area (Å²) in [6, 6.07) is 0. The van der Waals surface area contributed by atoms with Crippen molar-refractivity contribution in [3.63, 3.8) is 0 Å². The molecule has 162 valence electrons. The van der Waals surface area contributed by atoms with Crippen molar-refractivity contribution in [3.8, 4) is 0 Å². The third-order valence-corrected chi connectivity index (χ3v) is 6.87. The summed E-state index contributed by atoms with van der Waals surface area (Å²) in [5, 5.41) is 25.5. The maximum absolute atomic E-state index is 13.2. The summed E-state index contributed by atoms with van der Waals surface area (Å²) in [7, 11) is 0. The standard InChI is InChI=1S/C21H32N2O6/c1-11(2)10-29-22-15-8-16(24)19(25)17-13(15)5-6-14-18(17)21(27)23(20(14)26)9-12-4-3-7-28-12/h11-14,16-19,24-25H,3-10H2,1-2H3/t12-,13-,14+,16+,17-,18-,19+/m0/s1. The Morgan fingerprint density at radius 3 is 2.62 bits per heavy atom. The van der Waals surface area contributed by atoms with E-state index in [2.05, 4.69) is 5.16 Å². The van der Waals surface area contributed by atoms with Crippen molar-refractivity contribution >= 4 is 17.5 Å². The smallest absolute Gasteiger partial charge is 0.233 e. The Balaban J connectivity index is 1.56. The first-order valence-electron chi connectivity index (χ1n) is 10.9. The highest BCUT2D eigenvalue weighted by Crippen LogP contribution is 2.49. The van der Waals surface area contributed by atoms with Crippen LogP contribution < -0.4 is 0 Å². The van der Waals surface area contributed by atoms with Gasteiger partial charge in [0.25, 0.3) is 0 Å². The Bertz CT molecular complexity index is 674. The van der Waals surface area contributed by atoms with Crippen molar-refractivity contribution in [1.82, 2.24) is 4.90 Å². The van der Waals surface area contributed by atoms with Gasteiger partial charge in [-0.25, -0.2) is 0 Å². The van der Waals surface area contributed by atoms with Gasteiger partial charge in [0.1, 0.15) is 6.61 Å². The molecule has 4 aliphatic rings. The molecule has 0 aromatic carbocycles. The molecule has 0 bridgehead atoms. The SMILES string of the molecule is CC(C)CON=C1C[C@@H](O)[C@@H](O)[C@@H]2[C@H]3C(=O)N(C[C@@H]4CCCO4)C(=O)[C@@H]3CC[C@@H]12. The fraction of sp³-hybridized carbons (Fsp3) is 0.857. The second kappa shape index (κ2) is 8.32. The van der Waals surface area contributed by atoms with Gasteiger partial charge >= 0.3 is 0 Å². The van der Waals surface area contributed by atoms with E-state index in [1.54, 1.807) is 0 Å². The van der Waals surface area contributed by atoms with Crippen LogP contribution in [0.1, 0.15) is 46.0 Å². The quantitative estimate of drug-likeness (QED) is 0.518. The molecule has 29 heavy (non-hydrogen) atoms. The molecule has 2 saturated heterocycles. The number of hydrogen-bond donors (Lipinski definition) is 2. The third-order valence-electron chi connectivity index (χ3n) is 6.87. The summed E-state index contributed by atoms with van der Waals surface area (Å²) in [5.41, 5.74) is 0.699. The number of amides is 2. The molecule has 0 spiro atoms. The van der Waals surface area contributed by atoms with Crippen molar-refractivity contribution in [2.45, 2.75) is 64.3 Å². The van der Waals surface area contributed by atoms with E-state index in [9.17, 15) is 19.8 Å². The number of likely N-dealkylation sites (tertiary alicyclic amines) is 1. The van der Waals surface area contributed by atoms with Gasteiger partial charge in [0.2, 0.25) is 11.8 Å². The first-order valence-corrected chi connectivity index (χ1v) is 10.9. The molecular weight excluding hydrogens is 376 g/mol.